The Hall–Kier alpha value is -1.71. The van der Waals surface area contributed by atoms with Gasteiger partial charge < -0.3 is 15.8 Å². The van der Waals surface area contributed by atoms with E-state index in [1.807, 2.05) is 6.92 Å². The van der Waals surface area contributed by atoms with Crippen molar-refractivity contribution in [3.63, 3.8) is 0 Å². The van der Waals surface area contributed by atoms with Gasteiger partial charge in [-0.3, -0.25) is 4.79 Å². The number of anilines is 1. The maximum atomic E-state index is 11.1. The first-order valence-electron chi connectivity index (χ1n) is 4.97. The first-order valence-corrected chi connectivity index (χ1v) is 4.97. The van der Waals surface area contributed by atoms with Gasteiger partial charge in [0, 0.05) is 12.2 Å². The zero-order chi connectivity index (χ0) is 11.1. The van der Waals surface area contributed by atoms with Crippen molar-refractivity contribution in [1.82, 2.24) is 5.32 Å². The molecule has 0 spiro atoms. The molecule has 1 aromatic rings. The maximum absolute atomic E-state index is 11.1. The second-order valence-corrected chi connectivity index (χ2v) is 3.12. The van der Waals surface area contributed by atoms with Crippen molar-refractivity contribution in [3.8, 4) is 5.75 Å². The van der Waals surface area contributed by atoms with Crippen LogP contribution in [0.25, 0.3) is 0 Å². The highest BCUT2D eigenvalue weighted by molar-refractivity contribution is 5.75. The monoisotopic (exact) mass is 208 g/mol. The molecule has 4 nitrogen and oxygen atoms in total. The summed E-state index contributed by atoms with van der Waals surface area (Å²) in [6.45, 7) is 2.93. The lowest BCUT2D eigenvalue weighted by molar-refractivity contribution is -0.121. The van der Waals surface area contributed by atoms with Crippen LogP contribution in [-0.2, 0) is 4.79 Å². The number of benzene rings is 1. The van der Waals surface area contributed by atoms with Crippen LogP contribution < -0.4 is 15.8 Å². The lowest BCUT2D eigenvalue weighted by atomic mass is 10.3. The summed E-state index contributed by atoms with van der Waals surface area (Å²) in [5.74, 6) is 0.737. The lowest BCUT2D eigenvalue weighted by Gasteiger charge is -2.06. The molecule has 0 unspecified atom stereocenters. The van der Waals surface area contributed by atoms with Crippen LogP contribution in [0, 0.1) is 0 Å². The van der Waals surface area contributed by atoms with Crippen molar-refractivity contribution in [2.45, 2.75) is 13.3 Å². The fourth-order valence-electron chi connectivity index (χ4n) is 1.11. The van der Waals surface area contributed by atoms with Crippen molar-refractivity contribution in [2.24, 2.45) is 0 Å². The van der Waals surface area contributed by atoms with E-state index in [-0.39, 0.29) is 5.91 Å². The van der Waals surface area contributed by atoms with Crippen LogP contribution >= 0.6 is 0 Å². The van der Waals surface area contributed by atoms with Crippen LogP contribution in [0.3, 0.4) is 0 Å². The molecule has 0 fully saturated rings. The minimum Gasteiger partial charge on any atom is -0.493 e. The first kappa shape index (κ1) is 11.4. The van der Waals surface area contributed by atoms with Crippen molar-refractivity contribution >= 4 is 11.6 Å². The predicted octanol–water partition coefficient (Wildman–Crippen LogP) is 1.17. The lowest BCUT2D eigenvalue weighted by Crippen LogP contribution is -2.24. The van der Waals surface area contributed by atoms with Crippen molar-refractivity contribution < 1.29 is 9.53 Å². The van der Waals surface area contributed by atoms with E-state index in [4.69, 9.17) is 10.5 Å². The third-order valence-electron chi connectivity index (χ3n) is 1.85. The average Bonchev–Trinajstić information content (AvgIpc) is 2.21. The summed E-state index contributed by atoms with van der Waals surface area (Å²) in [7, 11) is 0. The maximum Gasteiger partial charge on any atom is 0.223 e. The Morgan fingerprint density at radius 2 is 2.07 bits per heavy atom. The van der Waals surface area contributed by atoms with Gasteiger partial charge in [0.25, 0.3) is 0 Å². The van der Waals surface area contributed by atoms with Crippen molar-refractivity contribution in [3.05, 3.63) is 24.3 Å². The smallest absolute Gasteiger partial charge is 0.223 e. The van der Waals surface area contributed by atoms with Gasteiger partial charge in [-0.1, -0.05) is 0 Å². The highest BCUT2D eigenvalue weighted by Crippen LogP contribution is 2.12. The summed E-state index contributed by atoms with van der Waals surface area (Å²) in [5, 5.41) is 2.70. The molecule has 0 radical (unpaired) electrons. The number of nitrogen functional groups attached to an aromatic ring is 1. The summed E-state index contributed by atoms with van der Waals surface area (Å²) in [5.41, 5.74) is 6.22. The number of rotatable bonds is 5. The molecule has 0 bridgehead atoms. The zero-order valence-corrected chi connectivity index (χ0v) is 8.82. The van der Waals surface area contributed by atoms with Gasteiger partial charge in [0.2, 0.25) is 5.91 Å². The van der Waals surface area contributed by atoms with Gasteiger partial charge in [-0.15, -0.1) is 0 Å². The Morgan fingerprint density at radius 3 is 2.67 bits per heavy atom. The van der Waals surface area contributed by atoms with Crippen LogP contribution in [0.15, 0.2) is 24.3 Å². The Kier molecular flexibility index (Phi) is 4.47. The fourth-order valence-corrected chi connectivity index (χ4v) is 1.11. The third-order valence-corrected chi connectivity index (χ3v) is 1.85. The van der Waals surface area contributed by atoms with E-state index in [0.29, 0.717) is 25.3 Å². The van der Waals surface area contributed by atoms with Gasteiger partial charge in [0.05, 0.1) is 13.0 Å². The minimum atomic E-state index is 0.00736. The van der Waals surface area contributed by atoms with Crippen molar-refractivity contribution in [2.75, 3.05) is 18.9 Å². The molecule has 0 aliphatic rings. The number of hydrogen-bond donors (Lipinski definition) is 2. The van der Waals surface area contributed by atoms with Gasteiger partial charge in [-0.25, -0.2) is 0 Å². The highest BCUT2D eigenvalue weighted by Gasteiger charge is 1.99. The van der Waals surface area contributed by atoms with E-state index in [1.54, 1.807) is 24.3 Å². The molecule has 82 valence electrons. The predicted molar refractivity (Wildman–Crippen MR) is 59.7 cm³/mol. The number of ether oxygens (including phenoxy) is 1. The van der Waals surface area contributed by atoms with Crippen LogP contribution in [0.5, 0.6) is 5.75 Å². The number of carbonyl (C=O) groups is 1. The van der Waals surface area contributed by atoms with Gasteiger partial charge >= 0.3 is 0 Å². The molecular weight excluding hydrogens is 192 g/mol. The van der Waals surface area contributed by atoms with Gasteiger partial charge in [-0.2, -0.15) is 0 Å². The number of hydrogen-bond acceptors (Lipinski definition) is 3. The molecule has 1 aromatic carbocycles. The normalized spacial score (nSPS) is 9.67. The standard InChI is InChI=1S/C11H16N2O2/c1-2-13-11(14)7-8-15-10-5-3-9(12)4-6-10/h3-6H,2,7-8,12H2,1H3,(H,13,14). The molecule has 15 heavy (non-hydrogen) atoms. The second kappa shape index (κ2) is 5.90. The Labute approximate surface area is 89.4 Å². The van der Waals surface area contributed by atoms with Gasteiger partial charge in [0.1, 0.15) is 5.75 Å². The molecule has 0 saturated heterocycles. The topological polar surface area (TPSA) is 64.3 Å². The quantitative estimate of drug-likeness (QED) is 0.714. The number of carbonyl (C=O) groups excluding carboxylic acids is 1. The Morgan fingerprint density at radius 1 is 1.40 bits per heavy atom. The SMILES string of the molecule is CCNC(=O)CCOc1ccc(N)cc1. The highest BCUT2D eigenvalue weighted by atomic mass is 16.5. The average molecular weight is 208 g/mol. The van der Waals surface area contributed by atoms with Crippen LogP contribution in [0.4, 0.5) is 5.69 Å². The summed E-state index contributed by atoms with van der Waals surface area (Å²) in [6.07, 6.45) is 0.373. The molecular formula is C11H16N2O2. The first-order chi connectivity index (χ1) is 7.22. The molecule has 0 saturated carbocycles. The van der Waals surface area contributed by atoms with Crippen LogP contribution in [0.1, 0.15) is 13.3 Å². The Bertz CT molecular complexity index is 309. The van der Waals surface area contributed by atoms with E-state index >= 15 is 0 Å². The summed E-state index contributed by atoms with van der Waals surface area (Å²) in [4.78, 5) is 11.1. The summed E-state index contributed by atoms with van der Waals surface area (Å²) >= 11 is 0. The molecule has 1 rings (SSSR count). The Balaban J connectivity index is 2.26. The summed E-state index contributed by atoms with van der Waals surface area (Å²) < 4.78 is 5.36. The van der Waals surface area contributed by atoms with Gasteiger partial charge in [0.15, 0.2) is 0 Å². The van der Waals surface area contributed by atoms with Gasteiger partial charge in [-0.05, 0) is 31.2 Å². The van der Waals surface area contributed by atoms with E-state index in [1.165, 1.54) is 0 Å². The zero-order valence-electron chi connectivity index (χ0n) is 8.82. The molecule has 0 atom stereocenters. The number of nitrogens with two attached hydrogens (primary N) is 1. The minimum absolute atomic E-state index is 0.00736. The second-order valence-electron chi connectivity index (χ2n) is 3.12. The fraction of sp³-hybridized carbons (Fsp3) is 0.364. The molecule has 4 heteroatoms. The molecule has 1 amide bonds. The number of amides is 1. The molecule has 0 aliphatic heterocycles. The molecule has 0 aliphatic carbocycles. The van der Waals surface area contributed by atoms with E-state index in [2.05, 4.69) is 5.32 Å². The number of nitrogens with one attached hydrogen (secondary N) is 1. The van der Waals surface area contributed by atoms with E-state index in [9.17, 15) is 4.79 Å². The third kappa shape index (κ3) is 4.35. The van der Waals surface area contributed by atoms with E-state index in [0.717, 1.165) is 5.75 Å². The summed E-state index contributed by atoms with van der Waals surface area (Å²) in [6, 6.07) is 7.10. The molecule has 0 aromatic heterocycles. The van der Waals surface area contributed by atoms with Crippen molar-refractivity contribution in [1.29, 1.82) is 0 Å². The van der Waals surface area contributed by atoms with Crippen LogP contribution in [0.2, 0.25) is 0 Å². The van der Waals surface area contributed by atoms with Crippen LogP contribution in [-0.4, -0.2) is 19.1 Å². The largest absolute Gasteiger partial charge is 0.493 e. The molecule has 0 heterocycles. The van der Waals surface area contributed by atoms with E-state index < -0.39 is 0 Å². The molecule has 3 N–H and O–H groups in total.